The maximum atomic E-state index is 12.7. The highest BCUT2D eigenvalue weighted by atomic mass is 35.5. The second kappa shape index (κ2) is 6.89. The molecule has 0 unspecified atom stereocenters. The first-order valence-corrected chi connectivity index (χ1v) is 7.86. The van der Waals surface area contributed by atoms with Crippen molar-refractivity contribution >= 4 is 29.1 Å². The Morgan fingerprint density at radius 3 is 2.42 bits per heavy atom. The van der Waals surface area contributed by atoms with Gasteiger partial charge in [0, 0.05) is 23.9 Å². The van der Waals surface area contributed by atoms with Crippen molar-refractivity contribution in [3.8, 4) is 22.8 Å². The third kappa shape index (κ3) is 4.09. The smallest absolute Gasteiger partial charge is 0.420 e. The Hall–Kier alpha value is -2.71. The highest BCUT2D eigenvalue weighted by molar-refractivity contribution is 6.29. The van der Waals surface area contributed by atoms with Crippen LogP contribution in [0.3, 0.4) is 0 Å². The van der Waals surface area contributed by atoms with Crippen LogP contribution in [0.4, 0.5) is 8.78 Å². The fraction of sp³-hybridized carbons (Fsp3) is 0.0625. The molecule has 3 rings (SSSR count). The van der Waals surface area contributed by atoms with Crippen LogP contribution in [0.1, 0.15) is 10.4 Å². The normalized spacial score (nSPS) is 11.4. The molecule has 0 radical (unpaired) electrons. The monoisotopic (exact) mass is 398 g/mol. The van der Waals surface area contributed by atoms with Gasteiger partial charge in [0.05, 0.1) is 22.6 Å². The zero-order chi connectivity index (χ0) is 18.9. The molecule has 0 saturated carbocycles. The fourth-order valence-electron chi connectivity index (χ4n) is 2.21. The summed E-state index contributed by atoms with van der Waals surface area (Å²) < 4.78 is 31.1. The molecular formula is C16H10Cl2F2N4O2. The van der Waals surface area contributed by atoms with Crippen molar-refractivity contribution in [2.45, 2.75) is 5.57 Å². The fourth-order valence-corrected chi connectivity index (χ4v) is 2.48. The van der Waals surface area contributed by atoms with Gasteiger partial charge in [-0.15, -0.1) is 8.78 Å². The number of amides is 1. The zero-order valence-electron chi connectivity index (χ0n) is 12.9. The molecule has 1 amide bonds. The van der Waals surface area contributed by atoms with E-state index in [4.69, 9.17) is 28.9 Å². The molecule has 0 fully saturated rings. The number of hydrogen-bond acceptors (Lipinski definition) is 4. The Bertz CT molecular complexity index is 938. The summed E-state index contributed by atoms with van der Waals surface area (Å²) in [5, 5.41) is 4.36. The lowest BCUT2D eigenvalue weighted by Crippen LogP contribution is -2.15. The second-order valence-electron chi connectivity index (χ2n) is 5.10. The minimum Gasteiger partial charge on any atom is -0.420 e. The van der Waals surface area contributed by atoms with Crippen LogP contribution in [0.25, 0.3) is 17.1 Å². The maximum Gasteiger partial charge on any atom is 0.487 e. The van der Waals surface area contributed by atoms with Gasteiger partial charge in [0.1, 0.15) is 5.75 Å². The average Bonchev–Trinajstić information content (AvgIpc) is 2.96. The highest BCUT2D eigenvalue weighted by Gasteiger charge is 2.27. The second-order valence-corrected chi connectivity index (χ2v) is 5.93. The van der Waals surface area contributed by atoms with Crippen LogP contribution in [0.15, 0.2) is 48.7 Å². The lowest BCUT2D eigenvalue weighted by molar-refractivity contribution is -0.0964. The summed E-state index contributed by atoms with van der Waals surface area (Å²) >= 11 is 10.7. The summed E-state index contributed by atoms with van der Waals surface area (Å²) in [5.74, 6) is -0.709. The van der Waals surface area contributed by atoms with E-state index in [2.05, 4.69) is 14.8 Å². The van der Waals surface area contributed by atoms with Crippen LogP contribution in [0.5, 0.6) is 5.75 Å². The van der Waals surface area contributed by atoms with Crippen LogP contribution >= 0.6 is 23.2 Å². The molecule has 0 spiro atoms. The van der Waals surface area contributed by atoms with Crippen molar-refractivity contribution in [2.75, 3.05) is 0 Å². The molecule has 2 heterocycles. The summed E-state index contributed by atoms with van der Waals surface area (Å²) in [5.41, 5.74) is 3.20. The quantitative estimate of drug-likeness (QED) is 0.661. The molecule has 3 aromatic rings. The number of carbonyl (C=O) groups excluding carboxylic acids is 1. The van der Waals surface area contributed by atoms with Crippen LogP contribution < -0.4 is 10.5 Å². The van der Waals surface area contributed by atoms with Gasteiger partial charge in [-0.25, -0.2) is 4.68 Å². The molecule has 6 nitrogen and oxygen atoms in total. The number of rotatable bonds is 5. The van der Waals surface area contributed by atoms with E-state index in [1.54, 1.807) is 12.1 Å². The van der Waals surface area contributed by atoms with Crippen molar-refractivity contribution < 1.29 is 18.3 Å². The van der Waals surface area contributed by atoms with Crippen LogP contribution in [0, 0.1) is 0 Å². The number of carbonyl (C=O) groups is 1. The molecule has 0 aliphatic rings. The standard InChI is InChI=1S/C16H10Cl2F2N4O2/c17-14-7-13(12-6-1-9(8-22-12)15(21)25)24(23-14)10-2-4-11(5-3-10)26-16(18,19)20/h1-8H,(H2,21,25). The number of alkyl halides is 3. The zero-order valence-corrected chi connectivity index (χ0v) is 14.4. The van der Waals surface area contributed by atoms with Gasteiger partial charge >= 0.3 is 5.57 Å². The summed E-state index contributed by atoms with van der Waals surface area (Å²) in [4.78, 5) is 15.3. The molecule has 0 atom stereocenters. The molecular weight excluding hydrogens is 389 g/mol. The van der Waals surface area contributed by atoms with Crippen molar-refractivity contribution in [2.24, 2.45) is 5.73 Å². The molecule has 134 valence electrons. The average molecular weight is 399 g/mol. The molecule has 1 aromatic carbocycles. The molecule has 0 saturated heterocycles. The number of pyridine rings is 1. The molecule has 0 bridgehead atoms. The minimum absolute atomic E-state index is 0.113. The van der Waals surface area contributed by atoms with Crippen LogP contribution in [0.2, 0.25) is 5.15 Å². The Balaban J connectivity index is 1.95. The topological polar surface area (TPSA) is 83.0 Å². The number of hydrogen-bond donors (Lipinski definition) is 1. The number of halogens is 4. The van der Waals surface area contributed by atoms with Gasteiger partial charge < -0.3 is 10.5 Å². The summed E-state index contributed by atoms with van der Waals surface area (Å²) in [6.07, 6.45) is 1.34. The number of nitrogens with zero attached hydrogens (tertiary/aromatic N) is 3. The van der Waals surface area contributed by atoms with E-state index < -0.39 is 11.5 Å². The van der Waals surface area contributed by atoms with Gasteiger partial charge in [0.15, 0.2) is 5.15 Å². The number of ether oxygens (including phenoxy) is 1. The van der Waals surface area contributed by atoms with Crippen LogP contribution in [-0.2, 0) is 0 Å². The number of nitrogens with two attached hydrogens (primary N) is 1. The first-order valence-electron chi connectivity index (χ1n) is 7.11. The van der Waals surface area contributed by atoms with Gasteiger partial charge in [-0.2, -0.15) is 5.10 Å². The van der Waals surface area contributed by atoms with E-state index in [1.165, 1.54) is 41.2 Å². The third-order valence-corrected chi connectivity index (χ3v) is 3.57. The van der Waals surface area contributed by atoms with E-state index in [0.29, 0.717) is 17.1 Å². The van der Waals surface area contributed by atoms with Gasteiger partial charge in [-0.1, -0.05) is 11.6 Å². The lowest BCUT2D eigenvalue weighted by atomic mass is 10.2. The van der Waals surface area contributed by atoms with Gasteiger partial charge in [-0.3, -0.25) is 9.78 Å². The largest absolute Gasteiger partial charge is 0.487 e. The predicted molar refractivity (Wildman–Crippen MR) is 91.8 cm³/mol. The molecule has 0 aliphatic carbocycles. The molecule has 2 aromatic heterocycles. The minimum atomic E-state index is -3.80. The SMILES string of the molecule is NC(=O)c1ccc(-c2cc(Cl)nn2-c2ccc(OC(F)(F)Cl)cc2)nc1. The number of benzene rings is 1. The van der Waals surface area contributed by atoms with Crippen LogP contribution in [-0.4, -0.2) is 26.2 Å². The van der Waals surface area contributed by atoms with E-state index in [-0.39, 0.29) is 16.5 Å². The Labute approximate surface area is 156 Å². The lowest BCUT2D eigenvalue weighted by Gasteiger charge is -2.11. The van der Waals surface area contributed by atoms with E-state index >= 15 is 0 Å². The number of primary amides is 1. The molecule has 26 heavy (non-hydrogen) atoms. The Kier molecular flexibility index (Phi) is 4.80. The molecule has 2 N–H and O–H groups in total. The third-order valence-electron chi connectivity index (χ3n) is 3.30. The first kappa shape index (κ1) is 18.1. The Morgan fingerprint density at radius 2 is 1.88 bits per heavy atom. The van der Waals surface area contributed by atoms with E-state index in [0.717, 1.165) is 0 Å². The van der Waals surface area contributed by atoms with Gasteiger partial charge in [-0.05, 0) is 36.4 Å². The maximum absolute atomic E-state index is 12.7. The highest BCUT2D eigenvalue weighted by Crippen LogP contribution is 2.28. The molecule has 10 heteroatoms. The van der Waals surface area contributed by atoms with E-state index in [9.17, 15) is 13.6 Å². The summed E-state index contributed by atoms with van der Waals surface area (Å²) in [6.45, 7) is 0. The summed E-state index contributed by atoms with van der Waals surface area (Å²) in [7, 11) is 0. The summed E-state index contributed by atoms with van der Waals surface area (Å²) in [6, 6.07) is 10.3. The first-order chi connectivity index (χ1) is 12.2. The van der Waals surface area contributed by atoms with Crippen molar-refractivity contribution in [1.29, 1.82) is 0 Å². The predicted octanol–water partition coefficient (Wildman–Crippen LogP) is 3.85. The van der Waals surface area contributed by atoms with Crippen molar-refractivity contribution in [1.82, 2.24) is 14.8 Å². The van der Waals surface area contributed by atoms with Gasteiger partial charge in [0.2, 0.25) is 5.91 Å². The van der Waals surface area contributed by atoms with E-state index in [1.807, 2.05) is 0 Å². The van der Waals surface area contributed by atoms with Crippen molar-refractivity contribution in [3.63, 3.8) is 0 Å². The number of aromatic nitrogens is 3. The van der Waals surface area contributed by atoms with Gasteiger partial charge in [0.25, 0.3) is 0 Å². The Morgan fingerprint density at radius 1 is 1.19 bits per heavy atom. The van der Waals surface area contributed by atoms with Crippen molar-refractivity contribution in [3.05, 3.63) is 59.4 Å². The molecule has 0 aliphatic heterocycles.